The van der Waals surface area contributed by atoms with Crippen molar-refractivity contribution in [2.24, 2.45) is 0 Å². The zero-order chi connectivity index (χ0) is 14.0. The van der Waals surface area contributed by atoms with Crippen LogP contribution in [0.5, 0.6) is 0 Å². The van der Waals surface area contributed by atoms with Crippen molar-refractivity contribution in [2.75, 3.05) is 12.3 Å². The van der Waals surface area contributed by atoms with E-state index >= 15 is 0 Å². The summed E-state index contributed by atoms with van der Waals surface area (Å²) in [5.41, 5.74) is 4.23. The molecule has 6 nitrogen and oxygen atoms in total. The molecule has 1 fully saturated rings. The number of ether oxygens (including phenoxy) is 1. The summed E-state index contributed by atoms with van der Waals surface area (Å²) in [7, 11) is 0. The first-order chi connectivity index (χ1) is 9.12. The van der Waals surface area contributed by atoms with Gasteiger partial charge >= 0.3 is 5.69 Å². The van der Waals surface area contributed by atoms with Gasteiger partial charge in [0.05, 0.1) is 19.3 Å². The van der Waals surface area contributed by atoms with Crippen molar-refractivity contribution in [3.05, 3.63) is 46.6 Å². The maximum Gasteiger partial charge on any atom is 0.351 e. The minimum absolute atomic E-state index is 0.00462. The number of aliphatic hydroxyl groups is 1. The number of hydrogen-bond donors (Lipinski definition) is 2. The molecule has 2 atom stereocenters. The van der Waals surface area contributed by atoms with E-state index < -0.39 is 24.6 Å². The fourth-order valence-electron chi connectivity index (χ4n) is 1.84. The van der Waals surface area contributed by atoms with Gasteiger partial charge in [-0.1, -0.05) is 0 Å². The van der Waals surface area contributed by atoms with Crippen LogP contribution in [0.3, 0.4) is 0 Å². The van der Waals surface area contributed by atoms with Gasteiger partial charge in [-0.3, -0.25) is 4.57 Å². The average Bonchev–Trinajstić information content (AvgIpc) is 2.76. The maximum absolute atomic E-state index is 12.9. The topological polar surface area (TPSA) is 90.4 Å². The van der Waals surface area contributed by atoms with Crippen molar-refractivity contribution in [3.8, 4) is 0 Å². The van der Waals surface area contributed by atoms with Crippen LogP contribution in [0.15, 0.2) is 40.9 Å². The van der Waals surface area contributed by atoms with Crippen LogP contribution in [0.25, 0.3) is 0 Å². The minimum atomic E-state index is -1.19. The summed E-state index contributed by atoms with van der Waals surface area (Å²) in [5.74, 6) is 0.00462. The third-order valence-electron chi connectivity index (χ3n) is 2.74. The molecule has 3 N–H and O–H groups in total. The molecular formula is C11H11F2N3O3. The summed E-state index contributed by atoms with van der Waals surface area (Å²) in [4.78, 5) is 15.1. The molecule has 0 bridgehead atoms. The van der Waals surface area contributed by atoms with Crippen LogP contribution in [0, 0.1) is 0 Å². The molecule has 19 heavy (non-hydrogen) atoms. The Labute approximate surface area is 106 Å². The van der Waals surface area contributed by atoms with Gasteiger partial charge in [0.25, 0.3) is 0 Å². The Kier molecular flexibility index (Phi) is 3.72. The Morgan fingerprint density at radius 3 is 2.68 bits per heavy atom. The predicted octanol–water partition coefficient (Wildman–Crippen LogP) is 0.422. The molecule has 0 aliphatic carbocycles. The van der Waals surface area contributed by atoms with Gasteiger partial charge in [0.15, 0.2) is 6.23 Å². The van der Waals surface area contributed by atoms with Gasteiger partial charge in [-0.15, -0.1) is 0 Å². The fraction of sp³-hybridized carbons (Fsp3) is 0.273. The lowest BCUT2D eigenvalue weighted by Crippen LogP contribution is -2.28. The standard InChI is InChI=1S/C11H11F2N3O3/c12-3-6-7(4-13)10(19-8(6)5-17)16-2-1-9(14)15-11(16)18/h1-4,8,10,17H,5H2,(H2,14,15,18). The van der Waals surface area contributed by atoms with Crippen LogP contribution >= 0.6 is 0 Å². The number of rotatable bonds is 2. The second kappa shape index (κ2) is 5.29. The summed E-state index contributed by atoms with van der Waals surface area (Å²) in [6, 6.07) is 1.33. The van der Waals surface area contributed by atoms with Crippen molar-refractivity contribution in [3.63, 3.8) is 0 Å². The molecule has 2 unspecified atom stereocenters. The minimum Gasteiger partial charge on any atom is -0.393 e. The molecule has 1 aromatic rings. The first-order valence-corrected chi connectivity index (χ1v) is 5.34. The van der Waals surface area contributed by atoms with Gasteiger partial charge in [-0.25, -0.2) is 13.6 Å². The van der Waals surface area contributed by atoms with E-state index in [0.717, 1.165) is 4.57 Å². The zero-order valence-corrected chi connectivity index (χ0v) is 9.66. The third kappa shape index (κ3) is 2.27. The van der Waals surface area contributed by atoms with Crippen molar-refractivity contribution in [1.29, 1.82) is 0 Å². The monoisotopic (exact) mass is 271 g/mol. The molecule has 2 rings (SSSR count). The first kappa shape index (κ1) is 13.4. The van der Waals surface area contributed by atoms with Crippen LogP contribution in [-0.2, 0) is 4.74 Å². The van der Waals surface area contributed by atoms with Gasteiger partial charge in [-0.2, -0.15) is 4.98 Å². The van der Waals surface area contributed by atoms with Gasteiger partial charge in [0, 0.05) is 17.3 Å². The molecule has 0 saturated carbocycles. The number of hydrogen-bond acceptors (Lipinski definition) is 5. The van der Waals surface area contributed by atoms with E-state index in [1.54, 1.807) is 0 Å². The molecule has 1 saturated heterocycles. The number of nitrogens with zero attached hydrogens (tertiary/aromatic N) is 2. The maximum atomic E-state index is 12.9. The summed E-state index contributed by atoms with van der Waals surface area (Å²) in [5, 5.41) is 9.05. The number of halogens is 2. The van der Waals surface area contributed by atoms with E-state index in [4.69, 9.17) is 15.6 Å². The largest absolute Gasteiger partial charge is 0.393 e. The lowest BCUT2D eigenvalue weighted by Gasteiger charge is -2.14. The van der Waals surface area contributed by atoms with Crippen molar-refractivity contribution >= 4 is 5.82 Å². The van der Waals surface area contributed by atoms with Gasteiger partial charge in [0.1, 0.15) is 11.9 Å². The van der Waals surface area contributed by atoms with Crippen molar-refractivity contribution in [1.82, 2.24) is 9.55 Å². The SMILES string of the molecule is Nc1ccn(C2OC(CO)C(=CF)C2=CF)c(=O)n1. The number of anilines is 1. The van der Waals surface area contributed by atoms with Crippen LogP contribution < -0.4 is 11.4 Å². The molecule has 1 aliphatic heterocycles. The normalized spacial score (nSPS) is 27.3. The molecule has 102 valence electrons. The van der Waals surface area contributed by atoms with Gasteiger partial charge in [-0.05, 0) is 6.07 Å². The quantitative estimate of drug-likeness (QED) is 0.813. The van der Waals surface area contributed by atoms with E-state index in [9.17, 15) is 13.6 Å². The Balaban J connectivity index is 2.48. The van der Waals surface area contributed by atoms with Crippen molar-refractivity contribution in [2.45, 2.75) is 12.3 Å². The Bertz CT molecular complexity index is 597. The second-order valence-corrected chi connectivity index (χ2v) is 3.83. The highest BCUT2D eigenvalue weighted by molar-refractivity contribution is 5.38. The summed E-state index contributed by atoms with van der Waals surface area (Å²) in [6.07, 6.45) is -0.698. The highest BCUT2D eigenvalue weighted by Crippen LogP contribution is 2.37. The summed E-state index contributed by atoms with van der Waals surface area (Å²) < 4.78 is 31.8. The third-order valence-corrected chi connectivity index (χ3v) is 2.74. The van der Waals surface area contributed by atoms with E-state index in [1.165, 1.54) is 12.3 Å². The number of nitrogen functional groups attached to an aromatic ring is 1. The number of aliphatic hydroxyl groups excluding tert-OH is 1. The lowest BCUT2D eigenvalue weighted by atomic mass is 10.1. The molecule has 1 aliphatic rings. The van der Waals surface area contributed by atoms with E-state index in [1.807, 2.05) is 0 Å². The van der Waals surface area contributed by atoms with Crippen LogP contribution in [0.2, 0.25) is 0 Å². The predicted molar refractivity (Wildman–Crippen MR) is 62.3 cm³/mol. The second-order valence-electron chi connectivity index (χ2n) is 3.83. The van der Waals surface area contributed by atoms with Crippen molar-refractivity contribution < 1.29 is 18.6 Å². The summed E-state index contributed by atoms with van der Waals surface area (Å²) >= 11 is 0. The van der Waals surface area contributed by atoms with Crippen LogP contribution in [-0.4, -0.2) is 27.4 Å². The molecule has 0 spiro atoms. The number of nitrogens with two attached hydrogens (primary N) is 1. The van der Waals surface area contributed by atoms with Crippen LogP contribution in [0.4, 0.5) is 14.6 Å². The Morgan fingerprint density at radius 2 is 2.16 bits per heavy atom. The zero-order valence-electron chi connectivity index (χ0n) is 9.66. The molecule has 0 amide bonds. The molecule has 8 heteroatoms. The highest BCUT2D eigenvalue weighted by Gasteiger charge is 2.37. The van der Waals surface area contributed by atoms with Crippen LogP contribution in [0.1, 0.15) is 6.23 Å². The van der Waals surface area contributed by atoms with E-state index in [2.05, 4.69) is 4.98 Å². The van der Waals surface area contributed by atoms with Gasteiger partial charge in [0.2, 0.25) is 0 Å². The molecule has 0 aromatic carbocycles. The first-order valence-electron chi connectivity index (χ1n) is 5.34. The number of aromatic nitrogens is 2. The molecule has 1 aromatic heterocycles. The highest BCUT2D eigenvalue weighted by atomic mass is 19.1. The smallest absolute Gasteiger partial charge is 0.351 e. The Morgan fingerprint density at radius 1 is 1.47 bits per heavy atom. The summed E-state index contributed by atoms with van der Waals surface area (Å²) in [6.45, 7) is -0.541. The van der Waals surface area contributed by atoms with E-state index in [-0.39, 0.29) is 29.6 Å². The molecular weight excluding hydrogens is 260 g/mol. The Hall–Kier alpha value is -2.06. The fourth-order valence-corrected chi connectivity index (χ4v) is 1.84. The molecule has 2 heterocycles. The lowest BCUT2D eigenvalue weighted by molar-refractivity contribution is -0.00858. The van der Waals surface area contributed by atoms with Gasteiger partial charge < -0.3 is 15.6 Å². The average molecular weight is 271 g/mol. The van der Waals surface area contributed by atoms with E-state index in [0.29, 0.717) is 0 Å². The molecule has 0 radical (unpaired) electrons.